The molecule has 0 spiro atoms. The fourth-order valence-corrected chi connectivity index (χ4v) is 4.50. The number of fused-ring (bicyclic) bond motifs is 1. The summed E-state index contributed by atoms with van der Waals surface area (Å²) in [6, 6.07) is 6.24. The van der Waals surface area contributed by atoms with E-state index in [1.165, 1.54) is 6.20 Å². The Morgan fingerprint density at radius 1 is 1.25 bits per heavy atom. The second kappa shape index (κ2) is 9.02. The highest BCUT2D eigenvalue weighted by molar-refractivity contribution is 6.36. The SMILES string of the molecule is O=C(O)CCc1[nH]c2ccc(OCc3cnc(C4CCCC4)c(C(F)(F)F)c3)cc2c1Cl. The molecule has 1 aliphatic rings. The molecule has 0 bridgehead atoms. The number of aryl methyl sites for hydroxylation is 1. The molecule has 0 unspecified atom stereocenters. The number of aromatic nitrogens is 2. The van der Waals surface area contributed by atoms with E-state index in [0.29, 0.717) is 27.4 Å². The Labute approximate surface area is 187 Å². The van der Waals surface area contributed by atoms with Crippen molar-refractivity contribution in [2.24, 2.45) is 0 Å². The average Bonchev–Trinajstić information content (AvgIpc) is 3.38. The maximum Gasteiger partial charge on any atom is 0.418 e. The van der Waals surface area contributed by atoms with E-state index >= 15 is 0 Å². The fourth-order valence-electron chi connectivity index (χ4n) is 4.20. The lowest BCUT2D eigenvalue weighted by atomic mass is 9.97. The van der Waals surface area contributed by atoms with Gasteiger partial charge in [-0.05, 0) is 43.5 Å². The highest BCUT2D eigenvalue weighted by Crippen LogP contribution is 2.41. The number of carboxylic acid groups (broad SMARTS) is 1. The van der Waals surface area contributed by atoms with E-state index in [2.05, 4.69) is 9.97 Å². The fraction of sp³-hybridized carbons (Fsp3) is 0.391. The molecular formula is C23H22ClF3N2O3. The summed E-state index contributed by atoms with van der Waals surface area (Å²) in [5, 5.41) is 9.93. The first kappa shape index (κ1) is 22.5. The number of hydrogen-bond acceptors (Lipinski definition) is 3. The zero-order valence-corrected chi connectivity index (χ0v) is 17.9. The van der Waals surface area contributed by atoms with Gasteiger partial charge in [0.15, 0.2) is 0 Å². The van der Waals surface area contributed by atoms with Crippen LogP contribution in [-0.2, 0) is 24.0 Å². The minimum atomic E-state index is -4.47. The van der Waals surface area contributed by atoms with Gasteiger partial charge in [-0.3, -0.25) is 9.78 Å². The summed E-state index contributed by atoms with van der Waals surface area (Å²) >= 11 is 6.37. The summed E-state index contributed by atoms with van der Waals surface area (Å²) in [6.45, 7) is -0.0690. The number of ether oxygens (including phenoxy) is 1. The normalized spacial score (nSPS) is 14.9. The lowest BCUT2D eigenvalue weighted by Gasteiger charge is -2.17. The lowest BCUT2D eigenvalue weighted by molar-refractivity contribution is -0.139. The van der Waals surface area contributed by atoms with E-state index in [-0.39, 0.29) is 31.1 Å². The standard InChI is InChI=1S/C23H22ClF3N2O3/c24-21-16-10-15(5-6-18(16)29-19(21)7-8-20(30)31)32-12-13-9-17(23(25,26)27)22(28-11-13)14-3-1-2-4-14/h5-6,9-11,14,29H,1-4,7-8,12H2,(H,30,31). The number of nitrogens with one attached hydrogen (secondary N) is 1. The van der Waals surface area contributed by atoms with Crippen LogP contribution in [-0.4, -0.2) is 21.0 Å². The molecule has 1 aromatic carbocycles. The largest absolute Gasteiger partial charge is 0.489 e. The first-order valence-corrected chi connectivity index (χ1v) is 10.8. The van der Waals surface area contributed by atoms with Gasteiger partial charge in [0, 0.05) is 34.3 Å². The van der Waals surface area contributed by atoms with Crippen LogP contribution in [0.1, 0.15) is 60.5 Å². The molecule has 0 aliphatic heterocycles. The molecule has 0 amide bonds. The zero-order valence-electron chi connectivity index (χ0n) is 17.1. The van der Waals surface area contributed by atoms with E-state index in [1.807, 2.05) is 0 Å². The molecule has 0 atom stereocenters. The zero-order chi connectivity index (χ0) is 22.9. The van der Waals surface area contributed by atoms with Gasteiger partial charge in [0.25, 0.3) is 0 Å². The van der Waals surface area contributed by atoms with Gasteiger partial charge in [-0.15, -0.1) is 0 Å². The topological polar surface area (TPSA) is 75.2 Å². The van der Waals surface area contributed by atoms with Crippen molar-refractivity contribution in [3.63, 3.8) is 0 Å². The second-order valence-corrected chi connectivity index (χ2v) is 8.44. The van der Waals surface area contributed by atoms with E-state index < -0.39 is 17.7 Å². The van der Waals surface area contributed by atoms with Crippen molar-refractivity contribution in [3.8, 4) is 5.75 Å². The summed E-state index contributed by atoms with van der Waals surface area (Å²) in [5.41, 5.74) is 1.12. The summed E-state index contributed by atoms with van der Waals surface area (Å²) in [5.74, 6) is -0.624. The number of benzene rings is 1. The number of H-pyrrole nitrogens is 1. The number of aliphatic carboxylic acids is 1. The number of alkyl halides is 3. The highest BCUT2D eigenvalue weighted by Gasteiger charge is 2.37. The number of rotatable bonds is 7. The number of nitrogens with zero attached hydrogens (tertiary/aromatic N) is 1. The smallest absolute Gasteiger partial charge is 0.418 e. The van der Waals surface area contributed by atoms with Crippen LogP contribution in [0.2, 0.25) is 5.02 Å². The molecule has 1 aliphatic carbocycles. The van der Waals surface area contributed by atoms with Crippen molar-refractivity contribution in [2.75, 3.05) is 0 Å². The van der Waals surface area contributed by atoms with Gasteiger partial charge in [-0.2, -0.15) is 13.2 Å². The highest BCUT2D eigenvalue weighted by atomic mass is 35.5. The molecule has 1 saturated carbocycles. The van der Waals surface area contributed by atoms with Crippen LogP contribution in [0.3, 0.4) is 0 Å². The number of carboxylic acids is 1. The van der Waals surface area contributed by atoms with Crippen LogP contribution in [0.5, 0.6) is 5.75 Å². The number of aromatic amines is 1. The van der Waals surface area contributed by atoms with Crippen molar-refractivity contribution in [1.29, 1.82) is 0 Å². The van der Waals surface area contributed by atoms with Gasteiger partial charge in [-0.1, -0.05) is 24.4 Å². The molecule has 0 radical (unpaired) electrons. The van der Waals surface area contributed by atoms with E-state index in [0.717, 1.165) is 37.3 Å². The van der Waals surface area contributed by atoms with E-state index in [1.54, 1.807) is 18.2 Å². The first-order valence-electron chi connectivity index (χ1n) is 10.4. The molecule has 9 heteroatoms. The van der Waals surface area contributed by atoms with Crippen molar-refractivity contribution >= 4 is 28.5 Å². The molecule has 4 rings (SSSR count). The third kappa shape index (κ3) is 4.85. The van der Waals surface area contributed by atoms with Crippen LogP contribution >= 0.6 is 11.6 Å². The van der Waals surface area contributed by atoms with Crippen molar-refractivity contribution in [3.05, 3.63) is 58.0 Å². The minimum Gasteiger partial charge on any atom is -0.489 e. The van der Waals surface area contributed by atoms with Gasteiger partial charge in [0.05, 0.1) is 22.7 Å². The summed E-state index contributed by atoms with van der Waals surface area (Å²) in [6.07, 6.45) is 0.516. The number of carbonyl (C=O) groups is 1. The molecule has 0 saturated heterocycles. The minimum absolute atomic E-state index is 0.0543. The monoisotopic (exact) mass is 466 g/mol. The van der Waals surface area contributed by atoms with E-state index in [4.69, 9.17) is 21.4 Å². The van der Waals surface area contributed by atoms with Gasteiger partial charge in [0.1, 0.15) is 12.4 Å². The maximum absolute atomic E-state index is 13.6. The molecular weight excluding hydrogens is 445 g/mol. The van der Waals surface area contributed by atoms with Crippen LogP contribution < -0.4 is 4.74 Å². The number of halogens is 4. The summed E-state index contributed by atoms with van der Waals surface area (Å²) < 4.78 is 46.7. The van der Waals surface area contributed by atoms with Crippen molar-refractivity contribution in [1.82, 2.24) is 9.97 Å². The van der Waals surface area contributed by atoms with E-state index in [9.17, 15) is 18.0 Å². The predicted molar refractivity (Wildman–Crippen MR) is 114 cm³/mol. The Balaban J connectivity index is 1.52. The first-order chi connectivity index (χ1) is 15.2. The summed E-state index contributed by atoms with van der Waals surface area (Å²) in [4.78, 5) is 18.1. The Bertz CT molecular complexity index is 1140. The third-order valence-corrected chi connectivity index (χ3v) is 6.23. The molecule has 2 heterocycles. The summed E-state index contributed by atoms with van der Waals surface area (Å²) in [7, 11) is 0. The van der Waals surface area contributed by atoms with Gasteiger partial charge >= 0.3 is 12.1 Å². The maximum atomic E-state index is 13.6. The van der Waals surface area contributed by atoms with Crippen LogP contribution in [0.15, 0.2) is 30.5 Å². The number of hydrogen-bond donors (Lipinski definition) is 2. The van der Waals surface area contributed by atoms with Crippen molar-refractivity contribution < 1.29 is 27.8 Å². The third-order valence-electron chi connectivity index (χ3n) is 5.79. The van der Waals surface area contributed by atoms with Gasteiger partial charge < -0.3 is 14.8 Å². The van der Waals surface area contributed by atoms with Crippen LogP contribution in [0, 0.1) is 0 Å². The van der Waals surface area contributed by atoms with Gasteiger partial charge in [0.2, 0.25) is 0 Å². The molecule has 5 nitrogen and oxygen atoms in total. The molecule has 3 aromatic rings. The Morgan fingerprint density at radius 2 is 2.00 bits per heavy atom. The number of pyridine rings is 1. The second-order valence-electron chi connectivity index (χ2n) is 8.06. The average molecular weight is 467 g/mol. The molecule has 1 fully saturated rings. The molecule has 2 N–H and O–H groups in total. The molecule has 32 heavy (non-hydrogen) atoms. The predicted octanol–water partition coefficient (Wildman–Crippen LogP) is 6.49. The Kier molecular flexibility index (Phi) is 6.33. The van der Waals surface area contributed by atoms with Crippen LogP contribution in [0.25, 0.3) is 10.9 Å². The molecule has 2 aromatic heterocycles. The van der Waals surface area contributed by atoms with Crippen molar-refractivity contribution in [2.45, 2.75) is 57.2 Å². The lowest BCUT2D eigenvalue weighted by Crippen LogP contribution is -2.14. The quantitative estimate of drug-likeness (QED) is 0.417. The Morgan fingerprint density at radius 3 is 2.69 bits per heavy atom. The Hall–Kier alpha value is -2.74. The van der Waals surface area contributed by atoms with Gasteiger partial charge in [-0.25, -0.2) is 0 Å². The molecule has 170 valence electrons. The van der Waals surface area contributed by atoms with Crippen LogP contribution in [0.4, 0.5) is 13.2 Å².